The molecule has 86 valence electrons. The SMILES string of the molecule is CC(=NN)[C@@H]1C=C[C@@H]1[C@@H](C)[C@@H](C)C(C)C. The monoisotopic (exact) mass is 208 g/mol. The molecule has 0 heterocycles. The van der Waals surface area contributed by atoms with Gasteiger partial charge in [-0.25, -0.2) is 0 Å². The van der Waals surface area contributed by atoms with Gasteiger partial charge in [-0.15, -0.1) is 0 Å². The van der Waals surface area contributed by atoms with E-state index in [1.165, 1.54) is 0 Å². The third kappa shape index (κ3) is 2.42. The van der Waals surface area contributed by atoms with Crippen molar-refractivity contribution >= 4 is 5.71 Å². The Balaban J connectivity index is 2.64. The van der Waals surface area contributed by atoms with Gasteiger partial charge in [0.05, 0.1) is 0 Å². The van der Waals surface area contributed by atoms with Crippen LogP contribution in [0, 0.1) is 29.6 Å². The van der Waals surface area contributed by atoms with E-state index in [2.05, 4.69) is 44.9 Å². The van der Waals surface area contributed by atoms with Gasteiger partial charge in [0.1, 0.15) is 0 Å². The fourth-order valence-electron chi connectivity index (χ4n) is 2.31. The summed E-state index contributed by atoms with van der Waals surface area (Å²) in [6.07, 6.45) is 4.53. The van der Waals surface area contributed by atoms with Crippen LogP contribution in [0.3, 0.4) is 0 Å². The van der Waals surface area contributed by atoms with E-state index in [9.17, 15) is 0 Å². The molecule has 0 unspecified atom stereocenters. The van der Waals surface area contributed by atoms with Crippen LogP contribution in [0.5, 0.6) is 0 Å². The summed E-state index contributed by atoms with van der Waals surface area (Å²) in [6, 6.07) is 0. The molecule has 0 spiro atoms. The van der Waals surface area contributed by atoms with Gasteiger partial charge in [0.15, 0.2) is 0 Å². The molecule has 0 fully saturated rings. The molecule has 0 bridgehead atoms. The Hall–Kier alpha value is -0.790. The van der Waals surface area contributed by atoms with Crippen LogP contribution in [0.1, 0.15) is 34.6 Å². The molecule has 2 nitrogen and oxygen atoms in total. The highest BCUT2D eigenvalue weighted by Gasteiger charge is 2.34. The lowest BCUT2D eigenvalue weighted by Crippen LogP contribution is -2.34. The molecule has 0 radical (unpaired) electrons. The maximum Gasteiger partial charge on any atom is 0.0419 e. The Bertz CT molecular complexity index is 266. The molecule has 1 rings (SSSR count). The Labute approximate surface area is 93.6 Å². The van der Waals surface area contributed by atoms with Gasteiger partial charge in [0.2, 0.25) is 0 Å². The van der Waals surface area contributed by atoms with Crippen molar-refractivity contribution in [1.29, 1.82) is 0 Å². The van der Waals surface area contributed by atoms with Crippen LogP contribution in [-0.4, -0.2) is 5.71 Å². The van der Waals surface area contributed by atoms with E-state index < -0.39 is 0 Å². The average molecular weight is 208 g/mol. The standard InChI is InChI=1S/C13H24N2/c1-8(2)9(3)10(4)12-6-7-13(12)11(5)15-14/h6-10,12-13H,14H2,1-5H3/t9-,10-,12+,13-/m0/s1. The molecule has 15 heavy (non-hydrogen) atoms. The molecule has 2 N–H and O–H groups in total. The fraction of sp³-hybridized carbons (Fsp3) is 0.769. The minimum Gasteiger partial charge on any atom is -0.323 e. The maximum absolute atomic E-state index is 5.33. The highest BCUT2D eigenvalue weighted by molar-refractivity contribution is 5.87. The second-order valence-corrected chi connectivity index (χ2v) is 5.22. The number of allylic oxidation sites excluding steroid dienone is 2. The van der Waals surface area contributed by atoms with Gasteiger partial charge in [-0.2, -0.15) is 5.10 Å². The molecule has 0 saturated heterocycles. The molecule has 0 amide bonds. The van der Waals surface area contributed by atoms with Crippen LogP contribution < -0.4 is 5.84 Å². The lowest BCUT2D eigenvalue weighted by atomic mass is 9.67. The third-order valence-electron chi connectivity index (χ3n) is 4.13. The zero-order valence-corrected chi connectivity index (χ0v) is 10.6. The average Bonchev–Trinajstić information content (AvgIpc) is 2.14. The first-order chi connectivity index (χ1) is 6.99. The third-order valence-corrected chi connectivity index (χ3v) is 4.13. The van der Waals surface area contributed by atoms with Crippen LogP contribution in [0.15, 0.2) is 17.3 Å². The molecule has 0 aliphatic heterocycles. The molecule has 1 aliphatic rings. The normalized spacial score (nSPS) is 30.1. The molecule has 0 aromatic carbocycles. The second-order valence-electron chi connectivity index (χ2n) is 5.22. The zero-order chi connectivity index (χ0) is 11.6. The van der Waals surface area contributed by atoms with E-state index in [0.717, 1.165) is 17.5 Å². The van der Waals surface area contributed by atoms with E-state index in [0.29, 0.717) is 17.8 Å². The number of hydrogen-bond acceptors (Lipinski definition) is 2. The molecular formula is C13H24N2. The van der Waals surface area contributed by atoms with Gasteiger partial charge >= 0.3 is 0 Å². The Morgan fingerprint density at radius 3 is 2.13 bits per heavy atom. The van der Waals surface area contributed by atoms with Crippen LogP contribution in [0.25, 0.3) is 0 Å². The van der Waals surface area contributed by atoms with Crippen molar-refractivity contribution in [1.82, 2.24) is 0 Å². The molecule has 0 aromatic heterocycles. The van der Waals surface area contributed by atoms with E-state index >= 15 is 0 Å². The summed E-state index contributed by atoms with van der Waals surface area (Å²) in [5.74, 6) is 8.64. The highest BCUT2D eigenvalue weighted by Crippen LogP contribution is 2.38. The van der Waals surface area contributed by atoms with Crippen molar-refractivity contribution < 1.29 is 0 Å². The van der Waals surface area contributed by atoms with Gasteiger partial charge in [0.25, 0.3) is 0 Å². The Morgan fingerprint density at radius 1 is 1.20 bits per heavy atom. The molecule has 1 aliphatic carbocycles. The number of nitrogens with zero attached hydrogens (tertiary/aromatic N) is 1. The molecule has 0 saturated carbocycles. The number of rotatable bonds is 4. The van der Waals surface area contributed by atoms with Crippen molar-refractivity contribution in [2.45, 2.75) is 34.6 Å². The number of hydrogen-bond donors (Lipinski definition) is 1. The Kier molecular flexibility index (Phi) is 3.95. The van der Waals surface area contributed by atoms with Gasteiger partial charge < -0.3 is 5.84 Å². The Morgan fingerprint density at radius 2 is 1.80 bits per heavy atom. The van der Waals surface area contributed by atoms with Gasteiger partial charge in [-0.05, 0) is 30.6 Å². The van der Waals surface area contributed by atoms with E-state index in [1.807, 2.05) is 6.92 Å². The zero-order valence-electron chi connectivity index (χ0n) is 10.6. The van der Waals surface area contributed by atoms with E-state index in [1.54, 1.807) is 0 Å². The van der Waals surface area contributed by atoms with Gasteiger partial charge in [0, 0.05) is 11.6 Å². The van der Waals surface area contributed by atoms with Crippen molar-refractivity contribution in [2.75, 3.05) is 0 Å². The predicted molar refractivity (Wildman–Crippen MR) is 66.6 cm³/mol. The topological polar surface area (TPSA) is 38.4 Å². The minimum absolute atomic E-state index is 0.478. The van der Waals surface area contributed by atoms with Crippen molar-refractivity contribution in [2.24, 2.45) is 40.5 Å². The summed E-state index contributed by atoms with van der Waals surface area (Å²) in [5.41, 5.74) is 1.06. The largest absolute Gasteiger partial charge is 0.323 e. The molecule has 2 heteroatoms. The fourth-order valence-corrected chi connectivity index (χ4v) is 2.31. The summed E-state index contributed by atoms with van der Waals surface area (Å²) in [7, 11) is 0. The van der Waals surface area contributed by atoms with Crippen LogP contribution in [-0.2, 0) is 0 Å². The first-order valence-electron chi connectivity index (χ1n) is 5.91. The number of nitrogens with two attached hydrogens (primary N) is 1. The maximum atomic E-state index is 5.33. The molecule has 4 atom stereocenters. The first kappa shape index (κ1) is 12.3. The van der Waals surface area contributed by atoms with Crippen LogP contribution in [0.2, 0.25) is 0 Å². The highest BCUT2D eigenvalue weighted by atomic mass is 15.1. The number of hydrazone groups is 1. The second kappa shape index (κ2) is 4.82. The van der Waals surface area contributed by atoms with Crippen LogP contribution in [0.4, 0.5) is 0 Å². The van der Waals surface area contributed by atoms with Crippen molar-refractivity contribution in [3.05, 3.63) is 12.2 Å². The summed E-state index contributed by atoms with van der Waals surface area (Å²) in [5, 5.41) is 3.81. The summed E-state index contributed by atoms with van der Waals surface area (Å²) in [4.78, 5) is 0. The lowest BCUT2D eigenvalue weighted by Gasteiger charge is -2.38. The summed E-state index contributed by atoms with van der Waals surface area (Å²) >= 11 is 0. The van der Waals surface area contributed by atoms with E-state index in [-0.39, 0.29) is 0 Å². The van der Waals surface area contributed by atoms with Crippen molar-refractivity contribution in [3.8, 4) is 0 Å². The van der Waals surface area contributed by atoms with E-state index in [4.69, 9.17) is 5.84 Å². The van der Waals surface area contributed by atoms with Gasteiger partial charge in [-0.3, -0.25) is 0 Å². The first-order valence-corrected chi connectivity index (χ1v) is 5.91. The minimum atomic E-state index is 0.478. The van der Waals surface area contributed by atoms with Crippen LogP contribution >= 0.6 is 0 Å². The molecular weight excluding hydrogens is 184 g/mol. The summed E-state index contributed by atoms with van der Waals surface area (Å²) in [6.45, 7) is 11.3. The van der Waals surface area contributed by atoms with Gasteiger partial charge in [-0.1, -0.05) is 39.8 Å². The summed E-state index contributed by atoms with van der Waals surface area (Å²) < 4.78 is 0. The smallest absolute Gasteiger partial charge is 0.0419 e. The molecule has 0 aromatic rings. The van der Waals surface area contributed by atoms with Crippen molar-refractivity contribution in [3.63, 3.8) is 0 Å². The lowest BCUT2D eigenvalue weighted by molar-refractivity contribution is 0.214. The predicted octanol–water partition coefficient (Wildman–Crippen LogP) is 3.05. The quantitative estimate of drug-likeness (QED) is 0.328.